The van der Waals surface area contributed by atoms with Crippen molar-refractivity contribution in [3.63, 3.8) is 0 Å². The molecule has 92 valence electrons. The van der Waals surface area contributed by atoms with Crippen LogP contribution < -0.4 is 11.1 Å². The molecule has 0 aliphatic carbocycles. The number of rotatable bonds is 3. The van der Waals surface area contributed by atoms with Crippen molar-refractivity contribution >= 4 is 11.6 Å². The first-order valence-electron chi connectivity index (χ1n) is 5.97. The van der Waals surface area contributed by atoms with Crippen molar-refractivity contribution in [2.45, 2.75) is 19.4 Å². The molecule has 1 heterocycles. The van der Waals surface area contributed by atoms with Crippen molar-refractivity contribution in [1.29, 1.82) is 0 Å². The molecule has 1 atom stereocenters. The molecular weight excluding hydrogens is 216 g/mol. The lowest BCUT2D eigenvalue weighted by Gasteiger charge is -2.21. The number of carbonyl (C=O) groups excluding carboxylic acids is 1. The molecule has 0 saturated carbocycles. The van der Waals surface area contributed by atoms with Gasteiger partial charge in [-0.05, 0) is 30.5 Å². The Bertz CT molecular complexity index is 370. The summed E-state index contributed by atoms with van der Waals surface area (Å²) in [5.74, 6) is 0.0307. The van der Waals surface area contributed by atoms with Crippen LogP contribution in [-0.2, 0) is 16.1 Å². The number of nitrogens with one attached hydrogen (secondary N) is 1. The fourth-order valence-electron chi connectivity index (χ4n) is 1.92. The van der Waals surface area contributed by atoms with Crippen LogP contribution in [0.4, 0.5) is 5.69 Å². The molecule has 1 unspecified atom stereocenters. The highest BCUT2D eigenvalue weighted by Crippen LogP contribution is 2.16. The second-order valence-electron chi connectivity index (χ2n) is 4.30. The van der Waals surface area contributed by atoms with Gasteiger partial charge < -0.3 is 15.8 Å². The first-order valence-corrected chi connectivity index (χ1v) is 5.97. The Hall–Kier alpha value is -1.39. The summed E-state index contributed by atoms with van der Waals surface area (Å²) in [5, 5.41) is 2.90. The lowest BCUT2D eigenvalue weighted by atomic mass is 10.0. The molecule has 1 aromatic carbocycles. The smallest absolute Gasteiger partial charge is 0.229 e. The summed E-state index contributed by atoms with van der Waals surface area (Å²) in [4.78, 5) is 11.9. The minimum Gasteiger partial charge on any atom is -0.381 e. The first kappa shape index (κ1) is 12.1. The molecule has 0 spiro atoms. The third kappa shape index (κ3) is 3.28. The van der Waals surface area contributed by atoms with Crippen molar-refractivity contribution in [2.24, 2.45) is 11.7 Å². The van der Waals surface area contributed by atoms with E-state index >= 15 is 0 Å². The Morgan fingerprint density at radius 1 is 1.41 bits per heavy atom. The van der Waals surface area contributed by atoms with Crippen LogP contribution in [0.15, 0.2) is 24.3 Å². The molecule has 3 N–H and O–H groups in total. The second-order valence-corrected chi connectivity index (χ2v) is 4.30. The molecule has 4 heteroatoms. The molecule has 1 amide bonds. The highest BCUT2D eigenvalue weighted by molar-refractivity contribution is 5.92. The Morgan fingerprint density at radius 3 is 2.76 bits per heavy atom. The quantitative estimate of drug-likeness (QED) is 0.833. The molecule has 17 heavy (non-hydrogen) atoms. The summed E-state index contributed by atoms with van der Waals surface area (Å²) < 4.78 is 5.30. The Balaban J connectivity index is 1.92. The number of carbonyl (C=O) groups is 1. The highest BCUT2D eigenvalue weighted by Gasteiger charge is 2.21. The molecule has 0 radical (unpaired) electrons. The largest absolute Gasteiger partial charge is 0.381 e. The van der Waals surface area contributed by atoms with Crippen LogP contribution in [0.1, 0.15) is 18.4 Å². The molecule has 2 rings (SSSR count). The SMILES string of the molecule is NCc1ccc(NC(=O)C2CCCOC2)cc1. The molecule has 1 aliphatic rings. The van der Waals surface area contributed by atoms with Crippen molar-refractivity contribution in [3.05, 3.63) is 29.8 Å². The number of hydrogen-bond donors (Lipinski definition) is 2. The molecular formula is C13H18N2O2. The van der Waals surface area contributed by atoms with E-state index in [0.29, 0.717) is 13.2 Å². The van der Waals surface area contributed by atoms with Gasteiger partial charge in [0.05, 0.1) is 12.5 Å². The average Bonchev–Trinajstić information content (AvgIpc) is 2.40. The van der Waals surface area contributed by atoms with Crippen molar-refractivity contribution in [2.75, 3.05) is 18.5 Å². The van der Waals surface area contributed by atoms with E-state index in [1.54, 1.807) is 0 Å². The highest BCUT2D eigenvalue weighted by atomic mass is 16.5. The first-order chi connectivity index (χ1) is 8.29. The van der Waals surface area contributed by atoms with Crippen molar-refractivity contribution < 1.29 is 9.53 Å². The van der Waals surface area contributed by atoms with Gasteiger partial charge >= 0.3 is 0 Å². The average molecular weight is 234 g/mol. The number of benzene rings is 1. The topological polar surface area (TPSA) is 64.3 Å². The lowest BCUT2D eigenvalue weighted by molar-refractivity contribution is -0.123. The third-order valence-electron chi connectivity index (χ3n) is 2.99. The molecule has 1 aliphatic heterocycles. The fraction of sp³-hybridized carbons (Fsp3) is 0.462. The van der Waals surface area contributed by atoms with Gasteiger partial charge in [0.25, 0.3) is 0 Å². The third-order valence-corrected chi connectivity index (χ3v) is 2.99. The van der Waals surface area contributed by atoms with Gasteiger partial charge in [-0.2, -0.15) is 0 Å². The zero-order chi connectivity index (χ0) is 12.1. The Kier molecular flexibility index (Phi) is 4.12. The maximum Gasteiger partial charge on any atom is 0.229 e. The van der Waals surface area contributed by atoms with E-state index in [1.807, 2.05) is 24.3 Å². The van der Waals surface area contributed by atoms with Crippen LogP contribution in [-0.4, -0.2) is 19.1 Å². The summed E-state index contributed by atoms with van der Waals surface area (Å²) in [6.07, 6.45) is 1.87. The van der Waals surface area contributed by atoms with E-state index in [2.05, 4.69) is 5.32 Å². The minimum atomic E-state index is -0.0158. The van der Waals surface area contributed by atoms with Crippen molar-refractivity contribution in [1.82, 2.24) is 0 Å². The maximum absolute atomic E-state index is 11.9. The second kappa shape index (κ2) is 5.80. The minimum absolute atomic E-state index is 0.0158. The molecule has 1 fully saturated rings. The predicted octanol–water partition coefficient (Wildman–Crippen LogP) is 1.51. The van der Waals surface area contributed by atoms with Crippen LogP contribution in [0.2, 0.25) is 0 Å². The van der Waals surface area contributed by atoms with Crippen LogP contribution in [0.3, 0.4) is 0 Å². The van der Waals surface area contributed by atoms with Crippen LogP contribution in [0.5, 0.6) is 0 Å². The van der Waals surface area contributed by atoms with Crippen molar-refractivity contribution in [3.8, 4) is 0 Å². The molecule has 0 aromatic heterocycles. The molecule has 0 bridgehead atoms. The van der Waals surface area contributed by atoms with Gasteiger partial charge in [0.1, 0.15) is 0 Å². The van der Waals surface area contributed by atoms with Gasteiger partial charge in [0, 0.05) is 18.8 Å². The van der Waals surface area contributed by atoms with Gasteiger partial charge in [-0.25, -0.2) is 0 Å². The van der Waals surface area contributed by atoms with Gasteiger partial charge in [-0.3, -0.25) is 4.79 Å². The van der Waals surface area contributed by atoms with E-state index in [-0.39, 0.29) is 11.8 Å². The Labute approximate surface area is 101 Å². The Morgan fingerprint density at radius 2 is 2.18 bits per heavy atom. The monoisotopic (exact) mass is 234 g/mol. The fourth-order valence-corrected chi connectivity index (χ4v) is 1.92. The number of hydrogen-bond acceptors (Lipinski definition) is 3. The summed E-state index contributed by atoms with van der Waals surface area (Å²) >= 11 is 0. The standard InChI is InChI=1S/C13H18N2O2/c14-8-10-3-5-12(6-4-10)15-13(16)11-2-1-7-17-9-11/h3-6,11H,1-2,7-9,14H2,(H,15,16). The van der Waals surface area contributed by atoms with Crippen LogP contribution in [0.25, 0.3) is 0 Å². The normalized spacial score (nSPS) is 19.9. The summed E-state index contributed by atoms with van der Waals surface area (Å²) in [7, 11) is 0. The van der Waals surface area contributed by atoms with Crippen LogP contribution >= 0.6 is 0 Å². The zero-order valence-electron chi connectivity index (χ0n) is 9.82. The number of ether oxygens (including phenoxy) is 1. The summed E-state index contributed by atoms with van der Waals surface area (Å²) in [6, 6.07) is 7.60. The van der Waals surface area contributed by atoms with Gasteiger partial charge in [0.15, 0.2) is 0 Å². The maximum atomic E-state index is 11.9. The summed E-state index contributed by atoms with van der Waals surface area (Å²) in [5.41, 5.74) is 7.39. The molecule has 4 nitrogen and oxygen atoms in total. The number of anilines is 1. The van der Waals surface area contributed by atoms with Gasteiger partial charge in [0.2, 0.25) is 5.91 Å². The van der Waals surface area contributed by atoms with E-state index < -0.39 is 0 Å². The summed E-state index contributed by atoms with van der Waals surface area (Å²) in [6.45, 7) is 1.83. The molecule has 1 aromatic rings. The van der Waals surface area contributed by atoms with E-state index in [0.717, 1.165) is 30.7 Å². The van der Waals surface area contributed by atoms with E-state index in [9.17, 15) is 4.79 Å². The zero-order valence-corrected chi connectivity index (χ0v) is 9.82. The lowest BCUT2D eigenvalue weighted by Crippen LogP contribution is -2.30. The van der Waals surface area contributed by atoms with Gasteiger partial charge in [-0.1, -0.05) is 12.1 Å². The van der Waals surface area contributed by atoms with E-state index in [1.165, 1.54) is 0 Å². The predicted molar refractivity (Wildman–Crippen MR) is 66.5 cm³/mol. The van der Waals surface area contributed by atoms with E-state index in [4.69, 9.17) is 10.5 Å². The van der Waals surface area contributed by atoms with Crippen LogP contribution in [0, 0.1) is 5.92 Å². The number of amides is 1. The molecule has 1 saturated heterocycles. The van der Waals surface area contributed by atoms with Gasteiger partial charge in [-0.15, -0.1) is 0 Å². The number of nitrogens with two attached hydrogens (primary N) is 1.